The van der Waals surface area contributed by atoms with Crippen molar-refractivity contribution in [2.75, 3.05) is 16.8 Å². The number of aromatic nitrogens is 2. The van der Waals surface area contributed by atoms with Gasteiger partial charge in [-0.2, -0.15) is 9.97 Å². The molecule has 0 amide bonds. The van der Waals surface area contributed by atoms with Gasteiger partial charge < -0.3 is 20.3 Å². The normalized spacial score (nSPS) is 16.8. The molecule has 0 aliphatic carbocycles. The van der Waals surface area contributed by atoms with Gasteiger partial charge in [-0.1, -0.05) is 48.5 Å². The number of hydrogen-bond acceptors (Lipinski definition) is 5. The predicted octanol–water partition coefficient (Wildman–Crippen LogP) is 5.70. The zero-order valence-corrected chi connectivity index (χ0v) is 19.3. The van der Waals surface area contributed by atoms with Gasteiger partial charge in [-0.3, -0.25) is 0 Å². The molecule has 0 spiro atoms. The third-order valence-electron chi connectivity index (χ3n) is 5.62. The Kier molecular flexibility index (Phi) is 7.17. The number of nitrogens with one attached hydrogen (secondary N) is 2. The molecule has 1 fully saturated rings. The summed E-state index contributed by atoms with van der Waals surface area (Å²) in [5.41, 5.74) is 1.15. The fraction of sp³-hybridized carbons (Fsp3) is 0.320. The number of benzene rings is 2. The minimum Gasteiger partial charge on any atom is -0.439 e. The van der Waals surface area contributed by atoms with Gasteiger partial charge in [0.05, 0.1) is 6.04 Å². The van der Waals surface area contributed by atoms with E-state index in [0.717, 1.165) is 36.5 Å². The van der Waals surface area contributed by atoms with E-state index in [1.54, 1.807) is 0 Å². The van der Waals surface area contributed by atoms with E-state index in [-0.39, 0.29) is 6.04 Å². The third kappa shape index (κ3) is 5.73. The van der Waals surface area contributed by atoms with Crippen molar-refractivity contribution in [3.8, 4) is 11.6 Å². The van der Waals surface area contributed by atoms with Gasteiger partial charge in [0, 0.05) is 18.7 Å². The first-order valence-electron chi connectivity index (χ1n) is 11.1. The van der Waals surface area contributed by atoms with E-state index in [4.69, 9.17) is 21.9 Å². The molecule has 0 bridgehead atoms. The van der Waals surface area contributed by atoms with Crippen molar-refractivity contribution >= 4 is 29.1 Å². The maximum absolute atomic E-state index is 6.04. The molecule has 0 saturated carbocycles. The Morgan fingerprint density at radius 3 is 2.50 bits per heavy atom. The summed E-state index contributed by atoms with van der Waals surface area (Å²) in [5, 5.41) is 6.93. The lowest BCUT2D eigenvalue weighted by atomic mass is 10.0. The van der Waals surface area contributed by atoms with Crippen LogP contribution in [0, 0.1) is 0 Å². The van der Waals surface area contributed by atoms with Gasteiger partial charge in [-0.25, -0.2) is 0 Å². The molecule has 1 saturated heterocycles. The summed E-state index contributed by atoms with van der Waals surface area (Å²) < 4.78 is 6.04. The highest BCUT2D eigenvalue weighted by atomic mass is 32.1. The van der Waals surface area contributed by atoms with Crippen LogP contribution < -0.4 is 20.3 Å². The quantitative estimate of drug-likeness (QED) is 0.470. The van der Waals surface area contributed by atoms with Gasteiger partial charge in [-0.15, -0.1) is 0 Å². The van der Waals surface area contributed by atoms with Crippen LogP contribution in [0.2, 0.25) is 0 Å². The largest absolute Gasteiger partial charge is 0.439 e. The topological polar surface area (TPSA) is 62.3 Å². The maximum Gasteiger partial charge on any atom is 0.234 e. The lowest BCUT2D eigenvalue weighted by Crippen LogP contribution is -2.38. The van der Waals surface area contributed by atoms with E-state index in [9.17, 15) is 0 Å². The van der Waals surface area contributed by atoms with Crippen LogP contribution in [0.5, 0.6) is 11.6 Å². The Hall–Kier alpha value is -3.19. The zero-order valence-electron chi connectivity index (χ0n) is 18.5. The van der Waals surface area contributed by atoms with Gasteiger partial charge in [0.15, 0.2) is 5.11 Å². The number of thiocarbonyl (C=S) groups is 1. The Morgan fingerprint density at radius 2 is 1.78 bits per heavy atom. The number of hydrogen-bond donors (Lipinski definition) is 2. The van der Waals surface area contributed by atoms with Crippen LogP contribution in [0.1, 0.15) is 44.7 Å². The van der Waals surface area contributed by atoms with Crippen LogP contribution in [0.4, 0.5) is 11.8 Å². The molecule has 4 rings (SSSR count). The summed E-state index contributed by atoms with van der Waals surface area (Å²) in [6.45, 7) is 5.27. The molecule has 32 heavy (non-hydrogen) atoms. The van der Waals surface area contributed by atoms with Crippen molar-refractivity contribution in [1.82, 2.24) is 15.3 Å². The molecule has 3 aromatic rings. The number of anilines is 2. The summed E-state index contributed by atoms with van der Waals surface area (Å²) in [7, 11) is 0. The monoisotopic (exact) mass is 447 g/mol. The van der Waals surface area contributed by atoms with Crippen molar-refractivity contribution in [2.45, 2.75) is 45.2 Å². The van der Waals surface area contributed by atoms with Gasteiger partial charge in [0.2, 0.25) is 11.8 Å². The minimum absolute atomic E-state index is 0.0570. The highest BCUT2D eigenvalue weighted by Crippen LogP contribution is 2.28. The zero-order chi connectivity index (χ0) is 22.3. The van der Waals surface area contributed by atoms with Gasteiger partial charge in [0.1, 0.15) is 11.6 Å². The number of ether oxygens (including phenoxy) is 1. The minimum atomic E-state index is 0.0570. The van der Waals surface area contributed by atoms with Crippen LogP contribution >= 0.6 is 12.2 Å². The Balaban J connectivity index is 1.54. The average molecular weight is 448 g/mol. The van der Waals surface area contributed by atoms with Crippen LogP contribution in [-0.2, 0) is 0 Å². The van der Waals surface area contributed by atoms with E-state index in [2.05, 4.69) is 46.5 Å². The van der Waals surface area contributed by atoms with Gasteiger partial charge in [0.25, 0.3) is 0 Å². The van der Waals surface area contributed by atoms with Crippen LogP contribution in [0.3, 0.4) is 0 Å². The van der Waals surface area contributed by atoms with Crippen molar-refractivity contribution in [2.24, 2.45) is 0 Å². The van der Waals surface area contributed by atoms with Crippen molar-refractivity contribution in [1.29, 1.82) is 0 Å². The third-order valence-corrected chi connectivity index (χ3v) is 5.84. The number of nitrogens with zero attached hydrogens (tertiary/aromatic N) is 3. The molecule has 1 aliphatic heterocycles. The van der Waals surface area contributed by atoms with Crippen molar-refractivity contribution < 1.29 is 4.74 Å². The second kappa shape index (κ2) is 10.4. The van der Waals surface area contributed by atoms with Crippen molar-refractivity contribution in [3.63, 3.8) is 0 Å². The Bertz CT molecular complexity index is 1030. The number of para-hydroxylation sites is 1. The maximum atomic E-state index is 6.04. The molecule has 0 radical (unpaired) electrons. The lowest BCUT2D eigenvalue weighted by molar-refractivity contribution is 0.457. The van der Waals surface area contributed by atoms with E-state index in [1.165, 1.54) is 6.42 Å². The van der Waals surface area contributed by atoms with E-state index >= 15 is 0 Å². The Labute approximate surface area is 195 Å². The number of piperidine rings is 1. The first-order chi connectivity index (χ1) is 15.6. The van der Waals surface area contributed by atoms with E-state index in [1.807, 2.05) is 54.6 Å². The molecule has 2 atom stereocenters. The fourth-order valence-electron chi connectivity index (χ4n) is 3.88. The fourth-order valence-corrected chi connectivity index (χ4v) is 4.14. The summed E-state index contributed by atoms with van der Waals surface area (Å²) in [6, 6.07) is 22.2. The van der Waals surface area contributed by atoms with Gasteiger partial charge >= 0.3 is 0 Å². The average Bonchev–Trinajstić information content (AvgIpc) is 2.80. The van der Waals surface area contributed by atoms with Crippen molar-refractivity contribution in [3.05, 3.63) is 72.3 Å². The van der Waals surface area contributed by atoms with Gasteiger partial charge in [-0.05, 0) is 63.0 Å². The highest BCUT2D eigenvalue weighted by molar-refractivity contribution is 7.80. The molecule has 2 heterocycles. The Morgan fingerprint density at radius 1 is 1.06 bits per heavy atom. The van der Waals surface area contributed by atoms with Crippen LogP contribution in [0.15, 0.2) is 66.7 Å². The summed E-state index contributed by atoms with van der Waals surface area (Å²) in [4.78, 5) is 11.7. The SMILES string of the molecule is C[C@@H](NC(=S)Nc1nc(Oc2ccccc2)cc(N2CCCC[C@@H]2C)n1)c1ccccc1. The molecular weight excluding hydrogens is 418 g/mol. The molecule has 6 nitrogen and oxygen atoms in total. The van der Waals surface area contributed by atoms with E-state index < -0.39 is 0 Å². The second-order valence-corrected chi connectivity index (χ2v) is 8.48. The summed E-state index contributed by atoms with van der Waals surface area (Å²) in [6.07, 6.45) is 3.54. The summed E-state index contributed by atoms with van der Waals surface area (Å²) >= 11 is 5.55. The molecule has 7 heteroatoms. The number of rotatable bonds is 6. The first kappa shape index (κ1) is 22.0. The summed E-state index contributed by atoms with van der Waals surface area (Å²) in [5.74, 6) is 2.48. The van der Waals surface area contributed by atoms with Crippen LogP contribution in [0.25, 0.3) is 0 Å². The second-order valence-electron chi connectivity index (χ2n) is 8.07. The lowest BCUT2D eigenvalue weighted by Gasteiger charge is -2.34. The van der Waals surface area contributed by atoms with E-state index in [0.29, 0.717) is 23.0 Å². The molecule has 1 aromatic heterocycles. The standard InChI is InChI=1S/C25H29N5OS/c1-18-11-9-10-16-30(18)22-17-23(31-21-14-7-4-8-15-21)28-24(27-22)29-25(32)26-19(2)20-12-5-3-6-13-20/h3-8,12-15,17-19H,9-11,16H2,1-2H3,(H2,26,27,28,29,32)/t18-,19+/m0/s1. The molecule has 0 unspecified atom stereocenters. The smallest absolute Gasteiger partial charge is 0.234 e. The molecule has 2 aromatic carbocycles. The predicted molar refractivity (Wildman–Crippen MR) is 133 cm³/mol. The highest BCUT2D eigenvalue weighted by Gasteiger charge is 2.22. The molecule has 1 aliphatic rings. The molecular formula is C25H29N5OS. The molecule has 2 N–H and O–H groups in total. The molecule has 166 valence electrons. The van der Waals surface area contributed by atoms with Crippen LogP contribution in [-0.4, -0.2) is 27.7 Å². The first-order valence-corrected chi connectivity index (χ1v) is 11.5.